The number of hydrogen-bond acceptors (Lipinski definition) is 3. The van der Waals surface area contributed by atoms with Crippen LogP contribution in [0.5, 0.6) is 0 Å². The lowest BCUT2D eigenvalue weighted by Crippen LogP contribution is -2.28. The van der Waals surface area contributed by atoms with Crippen LogP contribution in [0.1, 0.15) is 31.7 Å². The van der Waals surface area contributed by atoms with Gasteiger partial charge in [0.2, 0.25) is 0 Å². The van der Waals surface area contributed by atoms with Crippen LogP contribution in [0.3, 0.4) is 0 Å². The Kier molecular flexibility index (Phi) is 4.64. The monoisotopic (exact) mass is 263 g/mol. The summed E-state index contributed by atoms with van der Waals surface area (Å²) in [7, 11) is 0. The summed E-state index contributed by atoms with van der Waals surface area (Å²) >= 11 is 1.83. The Morgan fingerprint density at radius 2 is 2.33 bits per heavy atom. The van der Waals surface area contributed by atoms with Gasteiger partial charge in [-0.05, 0) is 31.4 Å². The van der Waals surface area contributed by atoms with Crippen LogP contribution in [-0.4, -0.2) is 21.9 Å². The summed E-state index contributed by atoms with van der Waals surface area (Å²) in [5.41, 5.74) is 2.09. The molecule has 2 heterocycles. The fourth-order valence-electron chi connectivity index (χ4n) is 2.07. The molecule has 1 N–H and O–H groups in total. The molecule has 1 aromatic rings. The lowest BCUT2D eigenvalue weighted by molar-refractivity contribution is 0.502. The molecule has 0 aliphatic carbocycles. The highest BCUT2D eigenvalue weighted by atomic mass is 32.2. The molecule has 2 rings (SSSR count). The molecule has 98 valence electrons. The van der Waals surface area contributed by atoms with Crippen LogP contribution in [0, 0.1) is 12.8 Å². The van der Waals surface area contributed by atoms with Crippen LogP contribution >= 0.6 is 11.8 Å². The molecule has 1 aromatic heterocycles. The fourth-order valence-corrected chi connectivity index (χ4v) is 3.05. The third-order valence-electron chi connectivity index (χ3n) is 2.84. The summed E-state index contributed by atoms with van der Waals surface area (Å²) in [5, 5.41) is 4.57. The van der Waals surface area contributed by atoms with Gasteiger partial charge in [-0.15, -0.1) is 0 Å². The average molecular weight is 263 g/mol. The van der Waals surface area contributed by atoms with E-state index in [4.69, 9.17) is 0 Å². The Hall–Kier alpha value is -1.03. The minimum Gasteiger partial charge on any atom is -0.361 e. The van der Waals surface area contributed by atoms with E-state index < -0.39 is 0 Å². The number of aliphatic imine (C=N–C) groups is 1. The van der Waals surface area contributed by atoms with Crippen molar-refractivity contribution in [3.05, 3.63) is 29.6 Å². The van der Waals surface area contributed by atoms with Gasteiger partial charge in [0.1, 0.15) is 0 Å². The number of aromatic nitrogens is 1. The zero-order chi connectivity index (χ0) is 13.0. The molecule has 18 heavy (non-hydrogen) atoms. The van der Waals surface area contributed by atoms with Crippen molar-refractivity contribution in [3.8, 4) is 0 Å². The molecule has 1 atom stereocenters. The predicted octanol–water partition coefficient (Wildman–Crippen LogP) is 3.00. The summed E-state index contributed by atoms with van der Waals surface area (Å²) in [6.45, 7) is 7.21. The quantitative estimate of drug-likeness (QED) is 0.907. The van der Waals surface area contributed by atoms with Crippen molar-refractivity contribution in [2.45, 2.75) is 39.8 Å². The van der Waals surface area contributed by atoms with Gasteiger partial charge in [-0.2, -0.15) is 0 Å². The van der Waals surface area contributed by atoms with E-state index in [9.17, 15) is 0 Å². The molecule has 3 nitrogen and oxygen atoms in total. The number of nitrogens with zero attached hydrogens (tertiary/aromatic N) is 2. The van der Waals surface area contributed by atoms with Crippen LogP contribution < -0.4 is 5.32 Å². The SMILES string of the molecule is Cc1cccc(CN=C2NC(CC(C)C)CS2)n1. The summed E-state index contributed by atoms with van der Waals surface area (Å²) in [6.07, 6.45) is 1.22. The molecule has 0 radical (unpaired) electrons. The molecule has 4 heteroatoms. The Morgan fingerprint density at radius 1 is 1.50 bits per heavy atom. The molecular weight excluding hydrogens is 242 g/mol. The van der Waals surface area contributed by atoms with Gasteiger partial charge in [0, 0.05) is 17.5 Å². The van der Waals surface area contributed by atoms with Gasteiger partial charge < -0.3 is 5.32 Å². The molecule has 0 amide bonds. The topological polar surface area (TPSA) is 37.3 Å². The second-order valence-corrected chi connectivity index (χ2v) is 6.18. The summed E-state index contributed by atoms with van der Waals surface area (Å²) in [4.78, 5) is 9.06. The minimum absolute atomic E-state index is 0.583. The van der Waals surface area contributed by atoms with E-state index in [0.29, 0.717) is 12.6 Å². The Balaban J connectivity index is 1.88. The van der Waals surface area contributed by atoms with Gasteiger partial charge >= 0.3 is 0 Å². The standard InChI is InChI=1S/C14H21N3S/c1-10(2)7-13-9-18-14(17-13)15-8-12-6-4-5-11(3)16-12/h4-6,10,13H,7-9H2,1-3H3,(H,15,17). The molecule has 1 aliphatic heterocycles. The molecular formula is C14H21N3S. The number of aryl methyl sites for hydroxylation is 1. The number of hydrogen-bond donors (Lipinski definition) is 1. The zero-order valence-corrected chi connectivity index (χ0v) is 12.1. The fraction of sp³-hybridized carbons (Fsp3) is 0.571. The van der Waals surface area contributed by atoms with E-state index in [1.165, 1.54) is 6.42 Å². The molecule has 1 fully saturated rings. The zero-order valence-electron chi connectivity index (χ0n) is 11.3. The van der Waals surface area contributed by atoms with Gasteiger partial charge in [0.05, 0.1) is 12.2 Å². The van der Waals surface area contributed by atoms with Crippen LogP contribution in [0.4, 0.5) is 0 Å². The number of amidine groups is 1. The second-order valence-electron chi connectivity index (χ2n) is 5.17. The molecule has 1 aliphatic rings. The molecule has 1 unspecified atom stereocenters. The number of rotatable bonds is 4. The van der Waals surface area contributed by atoms with Crippen molar-refractivity contribution in [1.29, 1.82) is 0 Å². The first-order valence-corrected chi connectivity index (χ1v) is 7.48. The average Bonchev–Trinajstić information content (AvgIpc) is 2.73. The molecule has 0 spiro atoms. The maximum Gasteiger partial charge on any atom is 0.157 e. The smallest absolute Gasteiger partial charge is 0.157 e. The predicted molar refractivity (Wildman–Crippen MR) is 78.9 cm³/mol. The van der Waals surface area contributed by atoms with E-state index >= 15 is 0 Å². The summed E-state index contributed by atoms with van der Waals surface area (Å²) in [6, 6.07) is 6.66. The Morgan fingerprint density at radius 3 is 3.06 bits per heavy atom. The second kappa shape index (κ2) is 6.23. The molecule has 1 saturated heterocycles. The van der Waals surface area contributed by atoms with Gasteiger partial charge in [-0.1, -0.05) is 31.7 Å². The molecule has 0 bridgehead atoms. The van der Waals surface area contributed by atoms with E-state index in [-0.39, 0.29) is 0 Å². The van der Waals surface area contributed by atoms with Crippen molar-refractivity contribution < 1.29 is 0 Å². The van der Waals surface area contributed by atoms with Crippen LogP contribution in [0.15, 0.2) is 23.2 Å². The maximum atomic E-state index is 4.60. The number of pyridine rings is 1. The van der Waals surface area contributed by atoms with Crippen LogP contribution in [0.2, 0.25) is 0 Å². The van der Waals surface area contributed by atoms with Crippen LogP contribution in [-0.2, 0) is 6.54 Å². The highest BCUT2D eigenvalue weighted by Crippen LogP contribution is 2.19. The Bertz CT molecular complexity index is 429. The minimum atomic E-state index is 0.583. The first kappa shape index (κ1) is 13.4. The largest absolute Gasteiger partial charge is 0.361 e. The van der Waals surface area contributed by atoms with Gasteiger partial charge in [0.15, 0.2) is 5.17 Å². The number of nitrogens with one attached hydrogen (secondary N) is 1. The van der Waals surface area contributed by atoms with Gasteiger partial charge in [-0.25, -0.2) is 0 Å². The lowest BCUT2D eigenvalue weighted by atomic mass is 10.1. The van der Waals surface area contributed by atoms with E-state index in [1.807, 2.05) is 36.9 Å². The first-order valence-electron chi connectivity index (χ1n) is 6.50. The van der Waals surface area contributed by atoms with Crippen molar-refractivity contribution in [3.63, 3.8) is 0 Å². The molecule has 0 saturated carbocycles. The van der Waals surface area contributed by atoms with Crippen molar-refractivity contribution in [1.82, 2.24) is 10.3 Å². The highest BCUT2D eigenvalue weighted by molar-refractivity contribution is 8.14. The van der Waals surface area contributed by atoms with Crippen molar-refractivity contribution in [2.75, 3.05) is 5.75 Å². The normalized spacial score (nSPS) is 21.6. The molecule has 0 aromatic carbocycles. The maximum absolute atomic E-state index is 4.60. The summed E-state index contributed by atoms with van der Waals surface area (Å²) in [5.74, 6) is 1.87. The van der Waals surface area contributed by atoms with E-state index in [2.05, 4.69) is 29.1 Å². The van der Waals surface area contributed by atoms with E-state index in [0.717, 1.165) is 28.2 Å². The first-order chi connectivity index (χ1) is 8.63. The van der Waals surface area contributed by atoms with Crippen LogP contribution in [0.25, 0.3) is 0 Å². The van der Waals surface area contributed by atoms with E-state index in [1.54, 1.807) is 0 Å². The third-order valence-corrected chi connectivity index (χ3v) is 3.92. The lowest BCUT2D eigenvalue weighted by Gasteiger charge is -2.11. The van der Waals surface area contributed by atoms with Crippen molar-refractivity contribution in [2.24, 2.45) is 10.9 Å². The Labute approximate surface area is 113 Å². The highest BCUT2D eigenvalue weighted by Gasteiger charge is 2.20. The third kappa shape index (κ3) is 4.02. The number of thioether (sulfide) groups is 1. The van der Waals surface area contributed by atoms with Gasteiger partial charge in [-0.3, -0.25) is 9.98 Å². The summed E-state index contributed by atoms with van der Waals surface area (Å²) < 4.78 is 0. The van der Waals surface area contributed by atoms with Gasteiger partial charge in [0.25, 0.3) is 0 Å². The van der Waals surface area contributed by atoms with Crippen molar-refractivity contribution >= 4 is 16.9 Å².